The largest absolute Gasteiger partial charge is 0.454 e. The average Bonchev–Trinajstić information content (AvgIpc) is 3.28. The molecule has 0 spiro atoms. The van der Waals surface area contributed by atoms with Gasteiger partial charge in [-0.25, -0.2) is 0 Å². The Labute approximate surface area is 151 Å². The van der Waals surface area contributed by atoms with Gasteiger partial charge in [0.1, 0.15) is 5.82 Å². The fourth-order valence-corrected chi connectivity index (χ4v) is 3.41. The van der Waals surface area contributed by atoms with Gasteiger partial charge in [0.05, 0.1) is 6.20 Å². The van der Waals surface area contributed by atoms with Crippen molar-refractivity contribution >= 4 is 24.1 Å². The summed E-state index contributed by atoms with van der Waals surface area (Å²) in [6, 6.07) is 5.79. The Morgan fingerprint density at radius 3 is 2.96 bits per heavy atom. The van der Waals surface area contributed by atoms with Crippen molar-refractivity contribution in [2.75, 3.05) is 12.1 Å². The number of H-pyrrole nitrogens is 1. The molecule has 1 aromatic heterocycles. The monoisotopic (exact) mass is 364 g/mol. The third-order valence-electron chi connectivity index (χ3n) is 4.75. The van der Waals surface area contributed by atoms with Crippen molar-refractivity contribution in [2.24, 2.45) is 11.7 Å². The number of hydrogen-bond donors (Lipinski definition) is 3. The van der Waals surface area contributed by atoms with Gasteiger partial charge in [-0.2, -0.15) is 5.10 Å². The zero-order valence-corrected chi connectivity index (χ0v) is 14.5. The van der Waals surface area contributed by atoms with E-state index in [-0.39, 0.29) is 37.1 Å². The van der Waals surface area contributed by atoms with Crippen molar-refractivity contribution in [2.45, 2.75) is 31.7 Å². The molecule has 8 heteroatoms. The van der Waals surface area contributed by atoms with E-state index in [1.807, 2.05) is 18.2 Å². The summed E-state index contributed by atoms with van der Waals surface area (Å²) in [5.41, 5.74) is 7.77. The molecule has 4 rings (SSSR count). The SMILES string of the molecule is Cl.N[C@@H]1CCC[C@H]1CC(=O)Nc1[nH]ncc1-c1ccc2c(c1)OCO2. The van der Waals surface area contributed by atoms with Crippen LogP contribution in [0.4, 0.5) is 5.82 Å². The third-order valence-corrected chi connectivity index (χ3v) is 4.75. The minimum atomic E-state index is -0.0383. The number of hydrogen-bond acceptors (Lipinski definition) is 5. The van der Waals surface area contributed by atoms with E-state index in [9.17, 15) is 4.79 Å². The minimum Gasteiger partial charge on any atom is -0.454 e. The first kappa shape index (κ1) is 17.6. The maximum atomic E-state index is 12.3. The first-order valence-corrected chi connectivity index (χ1v) is 8.19. The summed E-state index contributed by atoms with van der Waals surface area (Å²) in [6.45, 7) is 0.232. The van der Waals surface area contributed by atoms with Gasteiger partial charge in [0.2, 0.25) is 12.7 Å². The molecule has 1 aromatic carbocycles. The van der Waals surface area contributed by atoms with Crippen molar-refractivity contribution in [3.63, 3.8) is 0 Å². The molecule has 1 fully saturated rings. The second-order valence-electron chi connectivity index (χ2n) is 6.33. The molecule has 1 aliphatic heterocycles. The summed E-state index contributed by atoms with van der Waals surface area (Å²) in [6.07, 6.45) is 5.26. The Hall–Kier alpha value is -2.25. The number of benzene rings is 1. The minimum absolute atomic E-state index is 0. The average molecular weight is 365 g/mol. The Bertz CT molecular complexity index is 764. The number of nitrogens with zero attached hydrogens (tertiary/aromatic N) is 1. The molecule has 2 aliphatic rings. The molecule has 134 valence electrons. The van der Waals surface area contributed by atoms with Crippen LogP contribution in [0, 0.1) is 5.92 Å². The van der Waals surface area contributed by atoms with Gasteiger partial charge in [-0.1, -0.05) is 12.5 Å². The van der Waals surface area contributed by atoms with Crippen molar-refractivity contribution < 1.29 is 14.3 Å². The second kappa shape index (κ2) is 7.33. The van der Waals surface area contributed by atoms with Gasteiger partial charge in [0.25, 0.3) is 0 Å². The van der Waals surface area contributed by atoms with Crippen LogP contribution in [-0.4, -0.2) is 28.9 Å². The van der Waals surface area contributed by atoms with Gasteiger partial charge in [0.15, 0.2) is 11.5 Å². The van der Waals surface area contributed by atoms with E-state index >= 15 is 0 Å². The number of ether oxygens (including phenoxy) is 2. The number of carbonyl (C=O) groups excluding carboxylic acids is 1. The molecule has 0 radical (unpaired) electrons. The van der Waals surface area contributed by atoms with E-state index in [0.717, 1.165) is 36.1 Å². The van der Waals surface area contributed by atoms with Crippen molar-refractivity contribution in [1.29, 1.82) is 0 Å². The molecule has 4 N–H and O–H groups in total. The van der Waals surface area contributed by atoms with Crippen molar-refractivity contribution in [3.8, 4) is 22.6 Å². The fourth-order valence-electron chi connectivity index (χ4n) is 3.41. The Kier molecular flexibility index (Phi) is 5.15. The third kappa shape index (κ3) is 3.57. The summed E-state index contributed by atoms with van der Waals surface area (Å²) in [5, 5.41) is 9.83. The highest BCUT2D eigenvalue weighted by atomic mass is 35.5. The summed E-state index contributed by atoms with van der Waals surface area (Å²) in [7, 11) is 0. The maximum absolute atomic E-state index is 12.3. The maximum Gasteiger partial charge on any atom is 0.231 e. The quantitative estimate of drug-likeness (QED) is 0.774. The van der Waals surface area contributed by atoms with Crippen LogP contribution in [0.5, 0.6) is 11.5 Å². The number of nitrogens with one attached hydrogen (secondary N) is 2. The number of anilines is 1. The number of amides is 1. The van der Waals surface area contributed by atoms with E-state index in [1.165, 1.54) is 0 Å². The van der Waals surface area contributed by atoms with Crippen LogP contribution in [0.15, 0.2) is 24.4 Å². The Balaban J connectivity index is 0.00000182. The van der Waals surface area contributed by atoms with Gasteiger partial charge in [-0.15, -0.1) is 12.4 Å². The highest BCUT2D eigenvalue weighted by Crippen LogP contribution is 2.37. The van der Waals surface area contributed by atoms with E-state index in [1.54, 1.807) is 6.20 Å². The number of halogens is 1. The summed E-state index contributed by atoms with van der Waals surface area (Å²) in [4.78, 5) is 12.3. The highest BCUT2D eigenvalue weighted by Gasteiger charge is 2.26. The lowest BCUT2D eigenvalue weighted by molar-refractivity contribution is -0.117. The van der Waals surface area contributed by atoms with Crippen LogP contribution >= 0.6 is 12.4 Å². The zero-order valence-electron chi connectivity index (χ0n) is 13.7. The predicted octanol–water partition coefficient (Wildman–Crippen LogP) is 2.68. The first-order valence-electron chi connectivity index (χ1n) is 8.19. The molecule has 25 heavy (non-hydrogen) atoms. The van der Waals surface area contributed by atoms with Crippen LogP contribution < -0.4 is 20.5 Å². The second-order valence-corrected chi connectivity index (χ2v) is 6.33. The normalized spacial score (nSPS) is 21.0. The number of fused-ring (bicyclic) bond motifs is 1. The van der Waals surface area contributed by atoms with Gasteiger partial charge < -0.3 is 20.5 Å². The molecule has 1 saturated carbocycles. The molecule has 0 unspecified atom stereocenters. The van der Waals surface area contributed by atoms with Crippen molar-refractivity contribution in [1.82, 2.24) is 10.2 Å². The van der Waals surface area contributed by atoms with Crippen LogP contribution in [-0.2, 0) is 4.79 Å². The number of aromatic nitrogens is 2. The van der Waals surface area contributed by atoms with E-state index in [0.29, 0.717) is 18.0 Å². The Morgan fingerprint density at radius 2 is 2.16 bits per heavy atom. The standard InChI is InChI=1S/C17H20N4O3.ClH/c18-13-3-1-2-11(13)7-16(22)20-17-12(8-19-21-17)10-4-5-14-15(6-10)24-9-23-14;/h4-6,8,11,13H,1-3,7,9,18H2,(H2,19,20,21,22);1H/t11-,13+;/m0./s1. The van der Waals surface area contributed by atoms with E-state index < -0.39 is 0 Å². The number of aromatic amines is 1. The molecule has 0 bridgehead atoms. The zero-order chi connectivity index (χ0) is 16.5. The lowest BCUT2D eigenvalue weighted by atomic mass is 10.00. The molecular formula is C17H21ClN4O3. The van der Waals surface area contributed by atoms with Crippen LogP contribution in [0.1, 0.15) is 25.7 Å². The van der Waals surface area contributed by atoms with Crippen LogP contribution in [0.2, 0.25) is 0 Å². The topological polar surface area (TPSA) is 102 Å². The number of carbonyl (C=O) groups is 1. The van der Waals surface area contributed by atoms with Gasteiger partial charge >= 0.3 is 0 Å². The molecule has 2 heterocycles. The molecular weight excluding hydrogens is 344 g/mol. The molecule has 0 saturated heterocycles. The molecule has 1 aliphatic carbocycles. The van der Waals surface area contributed by atoms with Gasteiger partial charge in [-0.3, -0.25) is 9.89 Å². The summed E-state index contributed by atoms with van der Waals surface area (Å²) >= 11 is 0. The molecule has 2 aromatic rings. The highest BCUT2D eigenvalue weighted by molar-refractivity contribution is 5.94. The van der Waals surface area contributed by atoms with E-state index in [4.69, 9.17) is 15.2 Å². The smallest absolute Gasteiger partial charge is 0.231 e. The summed E-state index contributed by atoms with van der Waals surface area (Å²) < 4.78 is 10.7. The van der Waals surface area contributed by atoms with Crippen LogP contribution in [0.3, 0.4) is 0 Å². The van der Waals surface area contributed by atoms with Crippen molar-refractivity contribution in [3.05, 3.63) is 24.4 Å². The fraction of sp³-hybridized carbons (Fsp3) is 0.412. The van der Waals surface area contributed by atoms with Gasteiger partial charge in [0, 0.05) is 18.0 Å². The van der Waals surface area contributed by atoms with Gasteiger partial charge in [-0.05, 0) is 36.5 Å². The number of nitrogens with two attached hydrogens (primary N) is 1. The Morgan fingerprint density at radius 1 is 1.32 bits per heavy atom. The lowest BCUT2D eigenvalue weighted by Gasteiger charge is -2.14. The first-order chi connectivity index (χ1) is 11.7. The predicted molar refractivity (Wildman–Crippen MR) is 96.0 cm³/mol. The summed E-state index contributed by atoms with van der Waals surface area (Å²) in [5.74, 6) is 2.24. The van der Waals surface area contributed by atoms with Crippen LogP contribution in [0.25, 0.3) is 11.1 Å². The molecule has 7 nitrogen and oxygen atoms in total. The lowest BCUT2D eigenvalue weighted by Crippen LogP contribution is -2.28. The number of rotatable bonds is 4. The molecule has 1 amide bonds. The molecule has 2 atom stereocenters. The van der Waals surface area contributed by atoms with E-state index in [2.05, 4.69) is 15.5 Å².